The summed E-state index contributed by atoms with van der Waals surface area (Å²) in [5.74, 6) is -1.37. The Morgan fingerprint density at radius 3 is 2.69 bits per heavy atom. The van der Waals surface area contributed by atoms with E-state index in [1.165, 1.54) is 24.4 Å². The van der Waals surface area contributed by atoms with Gasteiger partial charge in [0.05, 0.1) is 6.04 Å². The lowest BCUT2D eigenvalue weighted by Gasteiger charge is -2.26. The zero-order valence-corrected chi connectivity index (χ0v) is 20.0. The van der Waals surface area contributed by atoms with Gasteiger partial charge >= 0.3 is 0 Å². The van der Waals surface area contributed by atoms with E-state index in [1.54, 1.807) is 18.3 Å². The summed E-state index contributed by atoms with van der Waals surface area (Å²) in [7, 11) is -4.04. The van der Waals surface area contributed by atoms with Crippen molar-refractivity contribution in [3.8, 4) is 0 Å². The number of nitrogens with one attached hydrogen (secondary N) is 4. The minimum absolute atomic E-state index is 0.0213. The average molecular weight is 504 g/mol. The number of benzene rings is 2. The lowest BCUT2D eigenvalue weighted by Crippen LogP contribution is -2.45. The van der Waals surface area contributed by atoms with Crippen molar-refractivity contribution in [2.24, 2.45) is 0 Å². The lowest BCUT2D eigenvalue weighted by molar-refractivity contribution is 0.0950. The van der Waals surface area contributed by atoms with Gasteiger partial charge in [-0.2, -0.15) is 0 Å². The van der Waals surface area contributed by atoms with E-state index in [9.17, 15) is 17.6 Å². The molecule has 0 aliphatic carbocycles. The van der Waals surface area contributed by atoms with E-state index in [2.05, 4.69) is 25.0 Å². The summed E-state index contributed by atoms with van der Waals surface area (Å²) in [6.45, 7) is 1.84. The molecule has 0 fully saturated rings. The Morgan fingerprint density at radius 1 is 1.06 bits per heavy atom. The Bertz CT molecular complexity index is 1740. The number of aryl methyl sites for hydroxylation is 1. The number of rotatable bonds is 4. The Hall–Kier alpha value is -4.02. The number of amides is 1. The van der Waals surface area contributed by atoms with E-state index in [0.717, 1.165) is 16.5 Å². The van der Waals surface area contributed by atoms with Crippen LogP contribution in [-0.4, -0.2) is 41.9 Å². The number of halogens is 1. The van der Waals surface area contributed by atoms with Gasteiger partial charge in [-0.25, -0.2) is 22.5 Å². The highest BCUT2D eigenvalue weighted by atomic mass is 32.2. The van der Waals surface area contributed by atoms with Crippen molar-refractivity contribution in [1.29, 1.82) is 0 Å². The number of carbonyl (C=O) groups is 1. The summed E-state index contributed by atoms with van der Waals surface area (Å²) in [4.78, 5) is 23.6. The average Bonchev–Trinajstić information content (AvgIpc) is 3.41. The van der Waals surface area contributed by atoms with Gasteiger partial charge in [0.15, 0.2) is 5.03 Å². The van der Waals surface area contributed by atoms with Crippen molar-refractivity contribution in [3.05, 3.63) is 95.2 Å². The van der Waals surface area contributed by atoms with Crippen molar-refractivity contribution in [1.82, 2.24) is 25.0 Å². The van der Waals surface area contributed by atoms with Gasteiger partial charge in [0, 0.05) is 46.7 Å². The highest BCUT2D eigenvalue weighted by molar-refractivity contribution is 7.89. The highest BCUT2D eigenvalue weighted by Gasteiger charge is 2.38. The van der Waals surface area contributed by atoms with Gasteiger partial charge in [-0.1, -0.05) is 24.3 Å². The van der Waals surface area contributed by atoms with E-state index in [-0.39, 0.29) is 17.5 Å². The van der Waals surface area contributed by atoms with Crippen molar-refractivity contribution < 1.29 is 17.6 Å². The Balaban J connectivity index is 1.57. The molecule has 1 aliphatic heterocycles. The minimum atomic E-state index is -4.04. The van der Waals surface area contributed by atoms with E-state index < -0.39 is 27.8 Å². The fraction of sp³-hybridized carbons (Fsp3) is 0.154. The van der Waals surface area contributed by atoms with Crippen LogP contribution in [0, 0.1) is 12.7 Å². The summed E-state index contributed by atoms with van der Waals surface area (Å²) < 4.78 is 43.9. The molecule has 5 aromatic rings. The molecule has 4 heterocycles. The number of fused-ring (bicyclic) bond motifs is 4. The van der Waals surface area contributed by atoms with Crippen molar-refractivity contribution in [2.45, 2.75) is 23.9 Å². The number of hydrogen-bond acceptors (Lipinski definition) is 4. The first-order valence-corrected chi connectivity index (χ1v) is 12.9. The maximum absolute atomic E-state index is 14.3. The maximum Gasteiger partial charge on any atom is 0.268 e. The van der Waals surface area contributed by atoms with Crippen molar-refractivity contribution >= 4 is 37.7 Å². The topological polar surface area (TPSA) is 120 Å². The van der Waals surface area contributed by atoms with Gasteiger partial charge in [-0.15, -0.1) is 0 Å². The molecule has 3 aromatic heterocycles. The lowest BCUT2D eigenvalue weighted by atomic mass is 9.84. The van der Waals surface area contributed by atoms with E-state index in [0.29, 0.717) is 27.7 Å². The molecule has 4 N–H and O–H groups in total. The van der Waals surface area contributed by atoms with Crippen LogP contribution < -0.4 is 10.0 Å². The number of pyridine rings is 1. The van der Waals surface area contributed by atoms with Crippen LogP contribution in [-0.2, 0) is 10.0 Å². The van der Waals surface area contributed by atoms with Crippen molar-refractivity contribution in [3.63, 3.8) is 0 Å². The second-order valence-electron chi connectivity index (χ2n) is 8.98. The van der Waals surface area contributed by atoms with Crippen LogP contribution in [0.4, 0.5) is 4.39 Å². The predicted molar refractivity (Wildman–Crippen MR) is 134 cm³/mol. The van der Waals surface area contributed by atoms with E-state index >= 15 is 0 Å². The summed E-state index contributed by atoms with van der Waals surface area (Å²) >= 11 is 0. The summed E-state index contributed by atoms with van der Waals surface area (Å²) in [5, 5.41) is 4.13. The second kappa shape index (κ2) is 8.28. The molecule has 2 aromatic carbocycles. The van der Waals surface area contributed by atoms with Gasteiger partial charge in [0.2, 0.25) is 0 Å². The van der Waals surface area contributed by atoms with Crippen LogP contribution >= 0.6 is 0 Å². The number of nitrogens with zero attached hydrogens (tertiary/aromatic N) is 1. The van der Waals surface area contributed by atoms with E-state index in [1.807, 2.05) is 31.2 Å². The van der Waals surface area contributed by atoms with Gasteiger partial charge in [0.25, 0.3) is 15.9 Å². The third kappa shape index (κ3) is 3.66. The molecule has 0 bridgehead atoms. The number of H-pyrrole nitrogens is 2. The molecule has 0 saturated carbocycles. The summed E-state index contributed by atoms with van der Waals surface area (Å²) in [5.41, 5.74) is 3.96. The van der Waals surface area contributed by atoms with Gasteiger partial charge < -0.3 is 15.3 Å². The smallest absolute Gasteiger partial charge is 0.268 e. The summed E-state index contributed by atoms with van der Waals surface area (Å²) in [6.07, 6.45) is 3.24. The largest absolute Gasteiger partial charge is 0.361 e. The SMILES string of the molecule is Cc1ccc(S(=O)(=O)N[C@@H]2CNC(=O)c3[nH]c4ccccc4c3[C@H]2c2c[nH]c3ccc(F)cc23)nc1. The highest BCUT2D eigenvalue weighted by Crippen LogP contribution is 2.40. The molecule has 1 amide bonds. The van der Waals surface area contributed by atoms with Crippen LogP contribution in [0.25, 0.3) is 21.8 Å². The fourth-order valence-electron chi connectivity index (χ4n) is 5.00. The third-order valence-corrected chi connectivity index (χ3v) is 8.05. The molecule has 10 heteroatoms. The molecule has 1 aliphatic rings. The number of aromatic amines is 2. The normalized spacial score (nSPS) is 18.2. The monoisotopic (exact) mass is 503 g/mol. The molecule has 182 valence electrons. The Labute approximate surface area is 206 Å². The molecule has 2 atom stereocenters. The maximum atomic E-state index is 14.3. The molecule has 0 unspecified atom stereocenters. The molecule has 0 saturated heterocycles. The van der Waals surface area contributed by atoms with Crippen LogP contribution in [0.5, 0.6) is 0 Å². The predicted octanol–water partition coefficient (Wildman–Crippen LogP) is 3.71. The fourth-order valence-corrected chi connectivity index (χ4v) is 6.18. The Kier molecular flexibility index (Phi) is 5.16. The number of para-hydroxylation sites is 1. The van der Waals surface area contributed by atoms with Crippen LogP contribution in [0.1, 0.15) is 33.1 Å². The first kappa shape index (κ1) is 22.4. The molecular formula is C26H22FN5O3S. The third-order valence-electron chi connectivity index (χ3n) is 6.65. The summed E-state index contributed by atoms with van der Waals surface area (Å²) in [6, 6.07) is 14.2. The first-order chi connectivity index (χ1) is 17.3. The van der Waals surface area contributed by atoms with Gasteiger partial charge in [0.1, 0.15) is 11.5 Å². The molecule has 0 radical (unpaired) electrons. The zero-order chi connectivity index (χ0) is 25.0. The van der Waals surface area contributed by atoms with Crippen LogP contribution in [0.15, 0.2) is 72.0 Å². The number of carbonyl (C=O) groups excluding carboxylic acids is 1. The number of aromatic nitrogens is 3. The molecule has 6 rings (SSSR count). The molecule has 0 spiro atoms. The quantitative estimate of drug-likeness (QED) is 0.299. The van der Waals surface area contributed by atoms with Crippen LogP contribution in [0.3, 0.4) is 0 Å². The van der Waals surface area contributed by atoms with Crippen molar-refractivity contribution in [2.75, 3.05) is 6.54 Å². The van der Waals surface area contributed by atoms with Gasteiger partial charge in [-0.05, 0) is 53.9 Å². The number of hydrogen-bond donors (Lipinski definition) is 4. The van der Waals surface area contributed by atoms with Crippen LogP contribution in [0.2, 0.25) is 0 Å². The molecule has 8 nitrogen and oxygen atoms in total. The Morgan fingerprint density at radius 2 is 1.89 bits per heavy atom. The zero-order valence-electron chi connectivity index (χ0n) is 19.2. The number of sulfonamides is 1. The minimum Gasteiger partial charge on any atom is -0.361 e. The molecule has 36 heavy (non-hydrogen) atoms. The molecular weight excluding hydrogens is 481 g/mol. The standard InChI is InChI=1S/C26H22FN5O3S/c1-14-6-9-22(29-11-14)36(34,35)32-21-13-30-26(33)25-24(16-4-2-3-5-20(16)31-25)23(21)18-12-28-19-8-7-15(27)10-17(18)19/h2-12,21,23,28,31-32H,13H2,1H3,(H,30,33)/t21-,23+/m1/s1. The van der Waals surface area contributed by atoms with E-state index in [4.69, 9.17) is 0 Å². The van der Waals surface area contributed by atoms with Gasteiger partial charge in [-0.3, -0.25) is 4.79 Å². The second-order valence-corrected chi connectivity index (χ2v) is 10.6. The first-order valence-electron chi connectivity index (χ1n) is 11.4.